The van der Waals surface area contributed by atoms with Gasteiger partial charge in [-0.05, 0) is 24.3 Å². The van der Waals surface area contributed by atoms with E-state index in [9.17, 15) is 0 Å². The second kappa shape index (κ2) is 3.83. The fraction of sp³-hybridized carbons (Fsp3) is 0.727. The third-order valence-corrected chi connectivity index (χ3v) is 4.56. The monoisotopic (exact) mass is 223 g/mol. The van der Waals surface area contributed by atoms with Crippen molar-refractivity contribution in [3.8, 4) is 0 Å². The highest BCUT2D eigenvalue weighted by atomic mass is 32.2. The van der Waals surface area contributed by atoms with Gasteiger partial charge in [0, 0.05) is 31.6 Å². The molecule has 0 saturated carbocycles. The Morgan fingerprint density at radius 2 is 2.13 bits per heavy atom. The molecule has 1 N–H and O–H groups in total. The zero-order chi connectivity index (χ0) is 10.3. The highest BCUT2D eigenvalue weighted by molar-refractivity contribution is 7.99. The van der Waals surface area contributed by atoms with Crippen molar-refractivity contribution in [1.82, 2.24) is 15.1 Å². The van der Waals surface area contributed by atoms with Gasteiger partial charge in [-0.15, -0.1) is 0 Å². The first-order chi connectivity index (χ1) is 7.36. The molecule has 3 rings (SSSR count). The van der Waals surface area contributed by atoms with Gasteiger partial charge in [0.25, 0.3) is 0 Å². The lowest BCUT2D eigenvalue weighted by Gasteiger charge is -2.20. The first-order valence-corrected chi connectivity index (χ1v) is 6.85. The number of hydrogen-bond donors (Lipinski definition) is 1. The second-order valence-corrected chi connectivity index (χ2v) is 5.65. The van der Waals surface area contributed by atoms with Crippen molar-refractivity contribution in [3.05, 3.63) is 17.0 Å². The molecule has 0 unspecified atom stereocenters. The largest absolute Gasteiger partial charge is 0.307 e. The summed E-state index contributed by atoms with van der Waals surface area (Å²) in [4.78, 5) is 0. The van der Waals surface area contributed by atoms with Crippen LogP contribution in [0.3, 0.4) is 0 Å². The van der Waals surface area contributed by atoms with E-state index in [-0.39, 0.29) is 0 Å². The molecule has 0 amide bonds. The van der Waals surface area contributed by atoms with Crippen LogP contribution in [0.2, 0.25) is 0 Å². The lowest BCUT2D eigenvalue weighted by Crippen LogP contribution is -2.12. The summed E-state index contributed by atoms with van der Waals surface area (Å²) in [7, 11) is 2.08. The Kier molecular flexibility index (Phi) is 2.48. The summed E-state index contributed by atoms with van der Waals surface area (Å²) in [5.74, 6) is 3.34. The molecular formula is C11H17N3S. The van der Waals surface area contributed by atoms with E-state index in [4.69, 9.17) is 5.10 Å². The van der Waals surface area contributed by atoms with Crippen LogP contribution in [0.15, 0.2) is 0 Å². The molecule has 0 spiro atoms. The van der Waals surface area contributed by atoms with E-state index in [2.05, 4.69) is 28.8 Å². The van der Waals surface area contributed by atoms with Crippen LogP contribution in [0.5, 0.6) is 0 Å². The molecule has 82 valence electrons. The van der Waals surface area contributed by atoms with Gasteiger partial charge in [-0.2, -0.15) is 16.9 Å². The van der Waals surface area contributed by atoms with Crippen molar-refractivity contribution in [2.75, 3.05) is 11.5 Å². The number of nitrogens with one attached hydrogen (secondary N) is 1. The summed E-state index contributed by atoms with van der Waals surface area (Å²) >= 11 is 2.08. The smallest absolute Gasteiger partial charge is 0.0704 e. The maximum Gasteiger partial charge on any atom is 0.0704 e. The molecule has 15 heavy (non-hydrogen) atoms. The number of aryl methyl sites for hydroxylation is 1. The minimum absolute atomic E-state index is 0.723. The molecule has 0 aromatic carbocycles. The fourth-order valence-electron chi connectivity index (χ4n) is 2.64. The van der Waals surface area contributed by atoms with E-state index in [1.54, 1.807) is 0 Å². The Morgan fingerprint density at radius 3 is 2.93 bits per heavy atom. The number of rotatable bonds is 1. The topological polar surface area (TPSA) is 29.9 Å². The Morgan fingerprint density at radius 1 is 1.33 bits per heavy atom. The number of aromatic nitrogens is 2. The quantitative estimate of drug-likeness (QED) is 0.785. The summed E-state index contributed by atoms with van der Waals surface area (Å²) < 4.78 is 2.08. The number of nitrogens with zero attached hydrogens (tertiary/aromatic N) is 2. The van der Waals surface area contributed by atoms with Crippen LogP contribution in [-0.4, -0.2) is 21.3 Å². The van der Waals surface area contributed by atoms with E-state index in [0.29, 0.717) is 0 Å². The highest BCUT2D eigenvalue weighted by Crippen LogP contribution is 2.34. The summed E-state index contributed by atoms with van der Waals surface area (Å²) in [5.41, 5.74) is 4.29. The van der Waals surface area contributed by atoms with Crippen molar-refractivity contribution < 1.29 is 0 Å². The first kappa shape index (κ1) is 9.73. The van der Waals surface area contributed by atoms with Crippen molar-refractivity contribution in [3.63, 3.8) is 0 Å². The average Bonchev–Trinajstić information content (AvgIpc) is 2.84. The molecule has 2 aliphatic heterocycles. The number of thioether (sulfide) groups is 1. The second-order valence-electron chi connectivity index (χ2n) is 4.42. The van der Waals surface area contributed by atoms with E-state index >= 15 is 0 Å². The predicted molar refractivity (Wildman–Crippen MR) is 63.1 cm³/mol. The van der Waals surface area contributed by atoms with Crippen LogP contribution >= 0.6 is 11.8 Å². The molecule has 1 fully saturated rings. The maximum absolute atomic E-state index is 4.72. The van der Waals surface area contributed by atoms with Crippen LogP contribution in [0.4, 0.5) is 0 Å². The molecule has 0 atom stereocenters. The third-order valence-electron chi connectivity index (χ3n) is 3.51. The number of hydrogen-bond acceptors (Lipinski definition) is 3. The molecule has 4 heteroatoms. The van der Waals surface area contributed by atoms with Crippen LogP contribution in [0.1, 0.15) is 35.7 Å². The minimum Gasteiger partial charge on any atom is -0.307 e. The van der Waals surface area contributed by atoms with Crippen LogP contribution in [0.25, 0.3) is 0 Å². The van der Waals surface area contributed by atoms with Gasteiger partial charge in [0.15, 0.2) is 0 Å². The standard InChI is InChI=1S/C11H17N3S/c1-14-10-7-12-6-9(10)11(13-14)8-2-4-15-5-3-8/h8,12H,2-7H2,1H3. The number of fused-ring (bicyclic) bond motifs is 1. The SMILES string of the molecule is Cn1nc(C2CCSCC2)c2c1CNC2. The van der Waals surface area contributed by atoms with Gasteiger partial charge in [0.05, 0.1) is 11.4 Å². The Balaban J connectivity index is 1.93. The van der Waals surface area contributed by atoms with Gasteiger partial charge in [0.2, 0.25) is 0 Å². The zero-order valence-electron chi connectivity index (χ0n) is 9.12. The normalized spacial score (nSPS) is 21.9. The van der Waals surface area contributed by atoms with Crippen molar-refractivity contribution >= 4 is 11.8 Å². The van der Waals surface area contributed by atoms with E-state index in [1.807, 2.05) is 0 Å². The van der Waals surface area contributed by atoms with E-state index in [1.165, 1.54) is 41.3 Å². The van der Waals surface area contributed by atoms with Crippen molar-refractivity contribution in [2.24, 2.45) is 7.05 Å². The summed E-state index contributed by atoms with van der Waals surface area (Å²) in [5, 5.41) is 8.15. The molecule has 3 nitrogen and oxygen atoms in total. The Labute approximate surface area is 94.6 Å². The Bertz CT molecular complexity index is 366. The molecule has 0 radical (unpaired) electrons. The van der Waals surface area contributed by atoms with Crippen LogP contribution < -0.4 is 5.32 Å². The molecule has 1 aromatic heterocycles. The molecular weight excluding hydrogens is 206 g/mol. The zero-order valence-corrected chi connectivity index (χ0v) is 9.94. The molecule has 1 saturated heterocycles. The van der Waals surface area contributed by atoms with Crippen LogP contribution in [0, 0.1) is 0 Å². The lowest BCUT2D eigenvalue weighted by molar-refractivity contribution is 0.580. The summed E-state index contributed by atoms with van der Waals surface area (Å²) in [6.45, 7) is 2.03. The average molecular weight is 223 g/mol. The van der Waals surface area contributed by atoms with Crippen molar-refractivity contribution in [2.45, 2.75) is 31.8 Å². The Hall–Kier alpha value is -0.480. The summed E-state index contributed by atoms with van der Waals surface area (Å²) in [6.07, 6.45) is 2.63. The van der Waals surface area contributed by atoms with Gasteiger partial charge in [0.1, 0.15) is 0 Å². The molecule has 0 aliphatic carbocycles. The maximum atomic E-state index is 4.72. The molecule has 0 bridgehead atoms. The first-order valence-electron chi connectivity index (χ1n) is 5.69. The van der Waals surface area contributed by atoms with Gasteiger partial charge < -0.3 is 5.32 Å². The third kappa shape index (κ3) is 1.60. The van der Waals surface area contributed by atoms with Gasteiger partial charge >= 0.3 is 0 Å². The molecule has 2 aliphatic rings. The van der Waals surface area contributed by atoms with Gasteiger partial charge in [-0.25, -0.2) is 0 Å². The molecule has 1 aromatic rings. The highest BCUT2D eigenvalue weighted by Gasteiger charge is 2.26. The minimum atomic E-state index is 0.723. The van der Waals surface area contributed by atoms with E-state index < -0.39 is 0 Å². The van der Waals surface area contributed by atoms with Crippen LogP contribution in [-0.2, 0) is 20.1 Å². The molecule has 3 heterocycles. The van der Waals surface area contributed by atoms with Gasteiger partial charge in [-0.3, -0.25) is 4.68 Å². The summed E-state index contributed by atoms with van der Waals surface area (Å²) in [6, 6.07) is 0. The lowest BCUT2D eigenvalue weighted by atomic mass is 9.95. The van der Waals surface area contributed by atoms with Gasteiger partial charge in [-0.1, -0.05) is 0 Å². The van der Waals surface area contributed by atoms with E-state index in [0.717, 1.165) is 19.0 Å². The predicted octanol–water partition coefficient (Wildman–Crippen LogP) is 1.63. The fourth-order valence-corrected chi connectivity index (χ4v) is 3.75. The van der Waals surface area contributed by atoms with Crippen molar-refractivity contribution in [1.29, 1.82) is 0 Å².